The Morgan fingerprint density at radius 2 is 1.14 bits per heavy atom. The van der Waals surface area contributed by atoms with Crippen LogP contribution in [0.15, 0.2) is 28.0 Å². The van der Waals surface area contributed by atoms with Crippen LogP contribution in [0.4, 0.5) is 0 Å². The summed E-state index contributed by atoms with van der Waals surface area (Å²) in [5.74, 6) is 0. The molecule has 2 rings (SSSR count). The fraction of sp³-hybridized carbons (Fsp3) is 0. The van der Waals surface area contributed by atoms with Crippen LogP contribution in [0.5, 0.6) is 0 Å². The van der Waals surface area contributed by atoms with Crippen LogP contribution in [0.1, 0.15) is 0 Å². The Morgan fingerprint density at radius 1 is 0.619 bits per heavy atom. The van der Waals surface area contributed by atoms with Crippen LogP contribution in [0.3, 0.4) is 0 Å². The molecule has 0 atom stereocenters. The van der Waals surface area contributed by atoms with Gasteiger partial charge < -0.3 is 0 Å². The third-order valence-electron chi connectivity index (χ3n) is 2.28. The molecule has 0 saturated carbocycles. The van der Waals surface area contributed by atoms with Crippen molar-refractivity contribution in [2.75, 3.05) is 0 Å². The first kappa shape index (κ1) is 18.5. The van der Waals surface area contributed by atoms with E-state index in [-0.39, 0.29) is 25.1 Å². The number of rotatable bonds is 3. The van der Waals surface area contributed by atoms with Crippen molar-refractivity contribution < 1.29 is 0 Å². The van der Waals surface area contributed by atoms with Crippen LogP contribution in [0.25, 0.3) is 0 Å². The average Bonchev–Trinajstić information content (AvgIpc) is 2.45. The fourth-order valence-corrected chi connectivity index (χ4v) is 5.95. The summed E-state index contributed by atoms with van der Waals surface area (Å²) < 4.78 is 0. The normalized spacial score (nSPS) is 11.0. The average molecular weight is 459 g/mol. The molecule has 0 aliphatic carbocycles. The number of halogens is 7. The molecular weight excluding hydrogens is 456 g/mol. The Morgan fingerprint density at radius 3 is 1.67 bits per heavy atom. The third-order valence-corrected chi connectivity index (χ3v) is 7.92. The molecular formula is C12H3Cl7S2. The van der Waals surface area contributed by atoms with E-state index in [1.807, 2.05) is 0 Å². The molecule has 0 nitrogen and oxygen atoms in total. The summed E-state index contributed by atoms with van der Waals surface area (Å²) in [5.41, 5.74) is 0. The summed E-state index contributed by atoms with van der Waals surface area (Å²) in [7, 11) is 2.64. The Labute approximate surface area is 164 Å². The first-order chi connectivity index (χ1) is 9.82. The van der Waals surface area contributed by atoms with E-state index in [9.17, 15) is 0 Å². The molecule has 0 aliphatic rings. The van der Waals surface area contributed by atoms with Gasteiger partial charge in [0.1, 0.15) is 0 Å². The maximum Gasteiger partial charge on any atom is 0.0809 e. The first-order valence-corrected chi connectivity index (χ1v) is 9.93. The second-order valence-electron chi connectivity index (χ2n) is 3.64. The van der Waals surface area contributed by atoms with Gasteiger partial charge in [-0.25, -0.2) is 0 Å². The Bertz CT molecular complexity index is 673. The van der Waals surface area contributed by atoms with Gasteiger partial charge in [0.25, 0.3) is 0 Å². The second kappa shape index (κ2) is 7.83. The molecule has 0 aliphatic heterocycles. The predicted molar refractivity (Wildman–Crippen MR) is 99.7 cm³/mol. The number of hydrogen-bond donors (Lipinski definition) is 0. The van der Waals surface area contributed by atoms with E-state index in [1.54, 1.807) is 18.2 Å². The van der Waals surface area contributed by atoms with Gasteiger partial charge in [0.05, 0.1) is 35.0 Å². The largest absolute Gasteiger partial charge is 0.0843 e. The Kier molecular flexibility index (Phi) is 6.90. The zero-order chi connectivity index (χ0) is 15.7. The van der Waals surface area contributed by atoms with E-state index in [1.165, 1.54) is 21.6 Å². The predicted octanol–water partition coefficient (Wildman–Crippen LogP) is 9.06. The van der Waals surface area contributed by atoms with Crippen molar-refractivity contribution in [1.29, 1.82) is 0 Å². The highest BCUT2D eigenvalue weighted by molar-refractivity contribution is 8.76. The van der Waals surface area contributed by atoms with Gasteiger partial charge in [0.15, 0.2) is 0 Å². The van der Waals surface area contributed by atoms with E-state index < -0.39 is 0 Å². The van der Waals surface area contributed by atoms with Gasteiger partial charge >= 0.3 is 0 Å². The molecule has 0 aromatic heterocycles. The molecule has 0 amide bonds. The minimum atomic E-state index is 0.132. The summed E-state index contributed by atoms with van der Waals surface area (Å²) in [4.78, 5) is 1.33. The molecule has 2 aromatic rings. The molecule has 21 heavy (non-hydrogen) atoms. The summed E-state index contributed by atoms with van der Waals surface area (Å²) in [6.45, 7) is 0. The quantitative estimate of drug-likeness (QED) is 0.255. The monoisotopic (exact) mass is 456 g/mol. The Balaban J connectivity index is 2.32. The molecule has 0 fully saturated rings. The highest BCUT2D eigenvalue weighted by Crippen LogP contribution is 2.52. The summed E-state index contributed by atoms with van der Waals surface area (Å²) in [6, 6.07) is 5.18. The van der Waals surface area contributed by atoms with Gasteiger partial charge in [0, 0.05) is 9.92 Å². The molecule has 0 saturated heterocycles. The van der Waals surface area contributed by atoms with Gasteiger partial charge in [0.2, 0.25) is 0 Å². The molecule has 0 unspecified atom stereocenters. The van der Waals surface area contributed by atoms with E-state index in [0.717, 1.165) is 4.90 Å². The molecule has 0 N–H and O–H groups in total. The lowest BCUT2D eigenvalue weighted by Gasteiger charge is -2.11. The van der Waals surface area contributed by atoms with Crippen molar-refractivity contribution in [3.05, 3.63) is 53.4 Å². The highest BCUT2D eigenvalue weighted by atomic mass is 35.5. The standard InChI is InChI=1S/C12H3Cl7S2/c13-4-1-2-6(5(14)3-4)20-21-12-10(18)8(16)7(15)9(17)11(12)19/h1-3H. The smallest absolute Gasteiger partial charge is 0.0809 e. The minimum Gasteiger partial charge on any atom is -0.0843 e. The fourth-order valence-electron chi connectivity index (χ4n) is 1.29. The Hall–Kier alpha value is 1.17. The van der Waals surface area contributed by atoms with E-state index in [2.05, 4.69) is 0 Å². The van der Waals surface area contributed by atoms with Crippen LogP contribution >= 0.6 is 103 Å². The molecule has 0 heterocycles. The molecule has 9 heteroatoms. The highest BCUT2D eigenvalue weighted by Gasteiger charge is 2.20. The summed E-state index contributed by atoms with van der Waals surface area (Å²) in [6.07, 6.45) is 0. The van der Waals surface area contributed by atoms with Crippen molar-refractivity contribution in [2.24, 2.45) is 0 Å². The maximum absolute atomic E-state index is 6.16. The lowest BCUT2D eigenvalue weighted by atomic mass is 10.3. The van der Waals surface area contributed by atoms with Gasteiger partial charge in [-0.05, 0) is 29.0 Å². The van der Waals surface area contributed by atoms with Gasteiger partial charge in [-0.1, -0.05) is 92.0 Å². The molecule has 0 bridgehead atoms. The van der Waals surface area contributed by atoms with Crippen molar-refractivity contribution in [3.8, 4) is 0 Å². The maximum atomic E-state index is 6.16. The SMILES string of the molecule is Clc1ccc(SSc2c(Cl)c(Cl)c(Cl)c(Cl)c2Cl)c(Cl)c1. The zero-order valence-corrected chi connectivity index (χ0v) is 16.6. The van der Waals surface area contributed by atoms with E-state index in [4.69, 9.17) is 81.2 Å². The zero-order valence-electron chi connectivity index (χ0n) is 9.69. The van der Waals surface area contributed by atoms with Gasteiger partial charge in [-0.2, -0.15) is 0 Å². The van der Waals surface area contributed by atoms with Crippen LogP contribution in [-0.4, -0.2) is 0 Å². The third kappa shape index (κ3) is 4.17. The first-order valence-electron chi connectivity index (χ1n) is 5.14. The van der Waals surface area contributed by atoms with Crippen LogP contribution in [0.2, 0.25) is 35.2 Å². The number of hydrogen-bond acceptors (Lipinski definition) is 2. The minimum absolute atomic E-state index is 0.132. The van der Waals surface area contributed by atoms with Crippen LogP contribution in [-0.2, 0) is 0 Å². The van der Waals surface area contributed by atoms with E-state index in [0.29, 0.717) is 14.9 Å². The van der Waals surface area contributed by atoms with Crippen molar-refractivity contribution in [1.82, 2.24) is 0 Å². The summed E-state index contributed by atoms with van der Waals surface area (Å²) in [5, 5.41) is 2.04. The van der Waals surface area contributed by atoms with Gasteiger partial charge in [-0.3, -0.25) is 0 Å². The van der Waals surface area contributed by atoms with Crippen molar-refractivity contribution in [2.45, 2.75) is 9.79 Å². The number of benzene rings is 2. The summed E-state index contributed by atoms with van der Waals surface area (Å²) >= 11 is 42.3. The molecule has 0 radical (unpaired) electrons. The van der Waals surface area contributed by atoms with Crippen molar-refractivity contribution >= 4 is 103 Å². The molecule has 2 aromatic carbocycles. The molecule has 0 spiro atoms. The van der Waals surface area contributed by atoms with Crippen LogP contribution < -0.4 is 0 Å². The second-order valence-corrected chi connectivity index (χ2v) is 8.56. The lowest BCUT2D eigenvalue weighted by molar-refractivity contribution is 1.46. The van der Waals surface area contributed by atoms with Crippen LogP contribution in [0, 0.1) is 0 Å². The topological polar surface area (TPSA) is 0 Å². The molecule has 112 valence electrons. The van der Waals surface area contributed by atoms with E-state index >= 15 is 0 Å². The van der Waals surface area contributed by atoms with Crippen molar-refractivity contribution in [3.63, 3.8) is 0 Å². The lowest BCUT2D eigenvalue weighted by Crippen LogP contribution is -1.83. The van der Waals surface area contributed by atoms with Gasteiger partial charge in [-0.15, -0.1) is 0 Å².